The molecular weight excluding hydrogens is 576 g/mol. The number of methoxy groups -OCH3 is 1. The minimum Gasteiger partial charge on any atom is -0.481 e. The molecule has 0 bridgehead atoms. The normalized spacial score (nSPS) is 10.4. The molecule has 1 unspecified atom stereocenters. The van der Waals surface area contributed by atoms with Gasteiger partial charge in [-0.25, -0.2) is 4.79 Å². The Morgan fingerprint density at radius 2 is 1.11 bits per heavy atom. The fourth-order valence-corrected chi connectivity index (χ4v) is 4.50. The maximum Gasteiger partial charge on any atom is 0.337 e. The number of benzene rings is 3. The highest BCUT2D eigenvalue weighted by molar-refractivity contribution is 5.89. The van der Waals surface area contributed by atoms with Crippen LogP contribution in [-0.2, 0) is 51.2 Å². The van der Waals surface area contributed by atoms with Crippen LogP contribution in [0.15, 0.2) is 72.8 Å². The number of carbonyl (C=O) groups is 3. The standard InChI is InChI=1S/C26H34O4.C10H12O2.2C2H6/c1-3-6-24(19-23-15-13-21(14-16-23)7-5-8-25(27)28)30-26(29)18-17-22-11-9-20(4-2)10-12-22;1-3-8-4-6-9(7-5-8)10(11)12-2;2*1-2/h9-16,24H,3-8,17-19H2,1-2H3,(H,27,28);4-7H,3H2,1-2H3;2*1-2H3. The molecule has 1 N–H and O–H groups in total. The molecule has 0 fully saturated rings. The Labute approximate surface area is 278 Å². The molecule has 46 heavy (non-hydrogen) atoms. The Kier molecular flexibility index (Phi) is 24.1. The van der Waals surface area contributed by atoms with Gasteiger partial charge in [-0.05, 0) is 78.5 Å². The number of aryl methyl sites for hydroxylation is 4. The van der Waals surface area contributed by atoms with Gasteiger partial charge in [-0.2, -0.15) is 0 Å². The van der Waals surface area contributed by atoms with Gasteiger partial charge in [0.05, 0.1) is 12.7 Å². The number of carboxylic acids is 1. The zero-order chi connectivity index (χ0) is 34.7. The Bertz CT molecular complexity index is 1210. The van der Waals surface area contributed by atoms with Crippen LogP contribution in [0.25, 0.3) is 0 Å². The van der Waals surface area contributed by atoms with Gasteiger partial charge in [0.15, 0.2) is 0 Å². The minimum absolute atomic E-state index is 0.108. The van der Waals surface area contributed by atoms with Crippen molar-refractivity contribution in [3.8, 4) is 0 Å². The first kappa shape index (κ1) is 42.1. The molecule has 0 aliphatic heterocycles. The third-order valence-corrected chi connectivity index (χ3v) is 7.08. The zero-order valence-corrected chi connectivity index (χ0v) is 29.6. The van der Waals surface area contributed by atoms with E-state index >= 15 is 0 Å². The lowest BCUT2D eigenvalue weighted by atomic mass is 10.0. The van der Waals surface area contributed by atoms with E-state index in [9.17, 15) is 14.4 Å². The van der Waals surface area contributed by atoms with Crippen LogP contribution >= 0.6 is 0 Å². The molecule has 0 amide bonds. The Morgan fingerprint density at radius 1 is 0.652 bits per heavy atom. The maximum absolute atomic E-state index is 12.4. The molecule has 3 aromatic carbocycles. The third kappa shape index (κ3) is 18.1. The van der Waals surface area contributed by atoms with Crippen LogP contribution in [0, 0.1) is 0 Å². The number of carboxylic acid groups (broad SMARTS) is 1. The SMILES string of the molecule is CC.CC.CCCC(Cc1ccc(CCCC(=O)O)cc1)OC(=O)CCc1ccc(CC)cc1.CCc1ccc(C(=O)OC)cc1. The molecular formula is C40H58O6. The van der Waals surface area contributed by atoms with E-state index in [1.807, 2.05) is 52.0 Å². The highest BCUT2D eigenvalue weighted by Gasteiger charge is 2.15. The molecule has 0 spiro atoms. The van der Waals surface area contributed by atoms with Crippen molar-refractivity contribution in [2.24, 2.45) is 0 Å². The van der Waals surface area contributed by atoms with Crippen LogP contribution in [-0.4, -0.2) is 36.2 Å². The van der Waals surface area contributed by atoms with Crippen molar-refractivity contribution < 1.29 is 29.0 Å². The lowest BCUT2D eigenvalue weighted by Gasteiger charge is -2.18. The summed E-state index contributed by atoms with van der Waals surface area (Å²) in [7, 11) is 1.38. The van der Waals surface area contributed by atoms with Gasteiger partial charge >= 0.3 is 17.9 Å². The Morgan fingerprint density at radius 3 is 1.57 bits per heavy atom. The second kappa shape index (κ2) is 26.3. The largest absolute Gasteiger partial charge is 0.481 e. The number of rotatable bonds is 15. The second-order valence-corrected chi connectivity index (χ2v) is 10.4. The van der Waals surface area contributed by atoms with Crippen LogP contribution in [0.2, 0.25) is 0 Å². The van der Waals surface area contributed by atoms with E-state index in [0.29, 0.717) is 31.2 Å². The van der Waals surface area contributed by atoms with Crippen molar-refractivity contribution in [3.63, 3.8) is 0 Å². The molecule has 0 aromatic heterocycles. The van der Waals surface area contributed by atoms with Crippen molar-refractivity contribution in [1.29, 1.82) is 0 Å². The summed E-state index contributed by atoms with van der Waals surface area (Å²) >= 11 is 0. The molecule has 0 saturated heterocycles. The average Bonchev–Trinajstić information content (AvgIpc) is 3.10. The molecule has 3 rings (SSSR count). The predicted octanol–water partition coefficient (Wildman–Crippen LogP) is 9.63. The second-order valence-electron chi connectivity index (χ2n) is 10.4. The van der Waals surface area contributed by atoms with Crippen molar-refractivity contribution in [2.45, 2.75) is 119 Å². The van der Waals surface area contributed by atoms with Crippen LogP contribution in [0.5, 0.6) is 0 Å². The lowest BCUT2D eigenvalue weighted by Crippen LogP contribution is -2.21. The number of carbonyl (C=O) groups excluding carboxylic acids is 2. The van der Waals surface area contributed by atoms with Crippen molar-refractivity contribution >= 4 is 17.9 Å². The first-order valence-electron chi connectivity index (χ1n) is 17.0. The summed E-state index contributed by atoms with van der Waals surface area (Å²) in [5.41, 5.74) is 6.57. The Hall–Kier alpha value is -3.93. The molecule has 3 aromatic rings. The number of ether oxygens (including phenoxy) is 2. The summed E-state index contributed by atoms with van der Waals surface area (Å²) in [6.07, 6.45) is 7.11. The highest BCUT2D eigenvalue weighted by Crippen LogP contribution is 2.16. The highest BCUT2D eigenvalue weighted by atomic mass is 16.5. The zero-order valence-electron chi connectivity index (χ0n) is 29.6. The summed E-state index contributed by atoms with van der Waals surface area (Å²) in [5.74, 6) is -1.18. The van der Waals surface area contributed by atoms with E-state index in [2.05, 4.69) is 61.9 Å². The van der Waals surface area contributed by atoms with Gasteiger partial charge in [0.1, 0.15) is 6.10 Å². The first-order valence-corrected chi connectivity index (χ1v) is 17.0. The van der Waals surface area contributed by atoms with Crippen molar-refractivity contribution in [2.75, 3.05) is 7.11 Å². The lowest BCUT2D eigenvalue weighted by molar-refractivity contribution is -0.149. The monoisotopic (exact) mass is 634 g/mol. The molecule has 0 aliphatic rings. The Balaban J connectivity index is 0.00000105. The quantitative estimate of drug-likeness (QED) is 0.167. The van der Waals surface area contributed by atoms with Gasteiger partial charge in [0.25, 0.3) is 0 Å². The van der Waals surface area contributed by atoms with E-state index < -0.39 is 5.97 Å². The molecule has 0 aliphatic carbocycles. The molecule has 0 heterocycles. The number of esters is 2. The van der Waals surface area contributed by atoms with Crippen LogP contribution in [0.3, 0.4) is 0 Å². The molecule has 254 valence electrons. The van der Waals surface area contributed by atoms with E-state index in [1.165, 1.54) is 18.2 Å². The summed E-state index contributed by atoms with van der Waals surface area (Å²) in [6, 6.07) is 24.1. The van der Waals surface area contributed by atoms with Gasteiger partial charge < -0.3 is 14.6 Å². The molecule has 6 heteroatoms. The average molecular weight is 635 g/mol. The fourth-order valence-electron chi connectivity index (χ4n) is 4.50. The maximum atomic E-state index is 12.4. The van der Waals surface area contributed by atoms with Crippen molar-refractivity contribution in [3.05, 3.63) is 106 Å². The topological polar surface area (TPSA) is 89.9 Å². The summed E-state index contributed by atoms with van der Waals surface area (Å²) in [5, 5.41) is 8.74. The summed E-state index contributed by atoms with van der Waals surface area (Å²) in [4.78, 5) is 34.0. The first-order chi connectivity index (χ1) is 22.3. The van der Waals surface area contributed by atoms with E-state index in [1.54, 1.807) is 12.1 Å². The number of aliphatic carboxylic acids is 1. The smallest absolute Gasteiger partial charge is 0.337 e. The summed E-state index contributed by atoms with van der Waals surface area (Å²) < 4.78 is 10.3. The number of hydrogen-bond acceptors (Lipinski definition) is 5. The van der Waals surface area contributed by atoms with E-state index in [4.69, 9.17) is 9.84 Å². The third-order valence-electron chi connectivity index (χ3n) is 7.08. The van der Waals surface area contributed by atoms with Gasteiger partial charge in [0.2, 0.25) is 0 Å². The van der Waals surface area contributed by atoms with Crippen LogP contribution in [0.4, 0.5) is 0 Å². The number of hydrogen-bond donors (Lipinski definition) is 1. The van der Waals surface area contributed by atoms with Gasteiger partial charge in [-0.3, -0.25) is 9.59 Å². The molecule has 0 saturated carbocycles. The van der Waals surface area contributed by atoms with Gasteiger partial charge in [0, 0.05) is 19.3 Å². The van der Waals surface area contributed by atoms with Gasteiger partial charge in [-0.1, -0.05) is 116 Å². The van der Waals surface area contributed by atoms with Gasteiger partial charge in [-0.15, -0.1) is 0 Å². The van der Waals surface area contributed by atoms with Crippen LogP contribution < -0.4 is 0 Å². The van der Waals surface area contributed by atoms with Crippen molar-refractivity contribution in [1.82, 2.24) is 0 Å². The predicted molar refractivity (Wildman–Crippen MR) is 190 cm³/mol. The van der Waals surface area contributed by atoms with Crippen LogP contribution in [0.1, 0.15) is 119 Å². The van der Waals surface area contributed by atoms with E-state index in [0.717, 1.165) is 48.8 Å². The summed E-state index contributed by atoms with van der Waals surface area (Å²) in [6.45, 7) is 14.3. The molecule has 6 nitrogen and oxygen atoms in total. The van der Waals surface area contributed by atoms with E-state index in [-0.39, 0.29) is 24.5 Å². The molecule has 0 radical (unpaired) electrons. The minimum atomic E-state index is -0.756. The fraction of sp³-hybridized carbons (Fsp3) is 0.475. The molecule has 1 atom stereocenters.